The van der Waals surface area contributed by atoms with Crippen LogP contribution in [0.1, 0.15) is 11.3 Å². The number of amides is 1. The highest BCUT2D eigenvalue weighted by atomic mass is 16.3. The lowest BCUT2D eigenvalue weighted by molar-refractivity contribution is -0.117. The Morgan fingerprint density at radius 2 is 2.37 bits per heavy atom. The summed E-state index contributed by atoms with van der Waals surface area (Å²) in [4.78, 5) is 15.9. The van der Waals surface area contributed by atoms with Crippen LogP contribution in [0.25, 0.3) is 6.08 Å². The summed E-state index contributed by atoms with van der Waals surface area (Å²) in [6.07, 6.45) is 6.06. The first-order chi connectivity index (χ1) is 9.29. The highest BCUT2D eigenvalue weighted by Gasteiger charge is 2.09. The third-order valence-corrected chi connectivity index (χ3v) is 2.38. The Balaban J connectivity index is 2.01. The van der Waals surface area contributed by atoms with Crippen molar-refractivity contribution < 1.29 is 9.21 Å². The Hall–Kier alpha value is -2.87. The summed E-state index contributed by atoms with van der Waals surface area (Å²) in [7, 11) is 0. The lowest BCUT2D eigenvalue weighted by atomic mass is 10.2. The molecule has 19 heavy (non-hydrogen) atoms. The van der Waals surface area contributed by atoms with E-state index in [1.54, 1.807) is 24.4 Å². The highest BCUT2D eigenvalue weighted by molar-refractivity contribution is 6.01. The van der Waals surface area contributed by atoms with Gasteiger partial charge in [0.05, 0.1) is 24.8 Å². The average Bonchev–Trinajstić information content (AvgIpc) is 2.96. The Bertz CT molecular complexity index is 610. The van der Waals surface area contributed by atoms with Gasteiger partial charge in [-0.05, 0) is 24.3 Å². The second-order valence-corrected chi connectivity index (χ2v) is 3.73. The number of hydrogen-bond donors (Lipinski definition) is 1. The molecular weight excluding hydrogens is 242 g/mol. The lowest BCUT2D eigenvalue weighted by Crippen LogP contribution is -2.24. The number of nitrogens with zero attached hydrogens (tertiary/aromatic N) is 2. The van der Waals surface area contributed by atoms with Gasteiger partial charge in [0, 0.05) is 11.8 Å². The molecule has 94 valence electrons. The van der Waals surface area contributed by atoms with Gasteiger partial charge in [-0.25, -0.2) is 0 Å². The van der Waals surface area contributed by atoms with Gasteiger partial charge in [-0.15, -0.1) is 0 Å². The van der Waals surface area contributed by atoms with Crippen LogP contribution in [0.3, 0.4) is 0 Å². The van der Waals surface area contributed by atoms with Gasteiger partial charge in [-0.1, -0.05) is 6.07 Å². The van der Waals surface area contributed by atoms with E-state index < -0.39 is 5.91 Å². The van der Waals surface area contributed by atoms with Crippen LogP contribution in [-0.2, 0) is 11.3 Å². The number of rotatable bonds is 4. The van der Waals surface area contributed by atoms with E-state index in [1.165, 1.54) is 18.6 Å². The number of pyridine rings is 1. The normalized spacial score (nSPS) is 10.8. The van der Waals surface area contributed by atoms with Crippen LogP contribution >= 0.6 is 0 Å². The van der Waals surface area contributed by atoms with E-state index in [9.17, 15) is 4.79 Å². The predicted molar refractivity (Wildman–Crippen MR) is 68.4 cm³/mol. The summed E-state index contributed by atoms with van der Waals surface area (Å²) in [6.45, 7) is 0.282. The van der Waals surface area contributed by atoms with Crippen LogP contribution in [0.15, 0.2) is 53.0 Å². The molecule has 5 heteroatoms. The van der Waals surface area contributed by atoms with Crippen molar-refractivity contribution in [3.8, 4) is 6.07 Å². The Morgan fingerprint density at radius 1 is 1.47 bits per heavy atom. The average molecular weight is 253 g/mol. The Labute approximate surface area is 110 Å². The first-order valence-electron chi connectivity index (χ1n) is 5.61. The molecule has 2 rings (SSSR count). The van der Waals surface area contributed by atoms with Gasteiger partial charge in [-0.2, -0.15) is 5.26 Å². The van der Waals surface area contributed by atoms with Gasteiger partial charge in [-0.3, -0.25) is 9.78 Å². The van der Waals surface area contributed by atoms with E-state index in [1.807, 2.05) is 12.1 Å². The molecule has 0 saturated heterocycles. The molecular formula is C14H11N3O2. The maximum Gasteiger partial charge on any atom is 0.262 e. The first kappa shape index (κ1) is 12.6. The smallest absolute Gasteiger partial charge is 0.262 e. The van der Waals surface area contributed by atoms with Crippen molar-refractivity contribution in [2.24, 2.45) is 0 Å². The van der Waals surface area contributed by atoms with Crippen LogP contribution in [-0.4, -0.2) is 10.9 Å². The summed E-state index contributed by atoms with van der Waals surface area (Å²) in [5.41, 5.74) is 1.43. The predicted octanol–water partition coefficient (Wildman–Crippen LogP) is 1.90. The maximum absolute atomic E-state index is 11.8. The molecule has 0 unspecified atom stereocenters. The molecule has 1 N–H and O–H groups in total. The van der Waals surface area contributed by atoms with Crippen molar-refractivity contribution >= 4 is 12.0 Å². The largest absolute Gasteiger partial charge is 0.472 e. The van der Waals surface area contributed by atoms with Crippen molar-refractivity contribution in [1.82, 2.24) is 10.3 Å². The third-order valence-electron chi connectivity index (χ3n) is 2.38. The minimum Gasteiger partial charge on any atom is -0.472 e. The van der Waals surface area contributed by atoms with E-state index in [4.69, 9.17) is 9.68 Å². The van der Waals surface area contributed by atoms with Crippen LogP contribution in [0.5, 0.6) is 0 Å². The zero-order chi connectivity index (χ0) is 13.5. The fourth-order valence-corrected chi connectivity index (χ4v) is 1.44. The van der Waals surface area contributed by atoms with Crippen LogP contribution in [0.4, 0.5) is 0 Å². The van der Waals surface area contributed by atoms with Crippen LogP contribution < -0.4 is 5.32 Å². The van der Waals surface area contributed by atoms with E-state index >= 15 is 0 Å². The summed E-state index contributed by atoms with van der Waals surface area (Å²) >= 11 is 0. The number of nitrogens with one attached hydrogen (secondary N) is 1. The molecule has 0 bridgehead atoms. The third kappa shape index (κ3) is 3.54. The molecule has 2 heterocycles. The Kier molecular flexibility index (Phi) is 4.09. The number of carbonyl (C=O) groups excluding carboxylic acids is 1. The molecule has 1 amide bonds. The van der Waals surface area contributed by atoms with Gasteiger partial charge < -0.3 is 9.73 Å². The van der Waals surface area contributed by atoms with Gasteiger partial charge >= 0.3 is 0 Å². The van der Waals surface area contributed by atoms with Gasteiger partial charge in [0.2, 0.25) is 0 Å². The molecule has 0 aliphatic carbocycles. The number of aromatic nitrogens is 1. The minimum absolute atomic E-state index is 0.0253. The molecule has 5 nitrogen and oxygen atoms in total. The SMILES string of the molecule is N#CC(=Cc1ccoc1)C(=O)NCc1ccccn1. The van der Waals surface area contributed by atoms with E-state index in [2.05, 4.69) is 10.3 Å². The van der Waals surface area contributed by atoms with E-state index in [0.717, 1.165) is 5.69 Å². The van der Waals surface area contributed by atoms with Crippen LogP contribution in [0, 0.1) is 11.3 Å². The lowest BCUT2D eigenvalue weighted by Gasteiger charge is -2.03. The molecule has 0 aromatic carbocycles. The zero-order valence-corrected chi connectivity index (χ0v) is 10.0. The fraction of sp³-hybridized carbons (Fsp3) is 0.0714. The van der Waals surface area contributed by atoms with Crippen molar-refractivity contribution in [3.63, 3.8) is 0 Å². The highest BCUT2D eigenvalue weighted by Crippen LogP contribution is 2.07. The summed E-state index contributed by atoms with van der Waals surface area (Å²) in [5.74, 6) is -0.436. The molecule has 0 saturated carbocycles. The first-order valence-corrected chi connectivity index (χ1v) is 5.61. The molecule has 0 aliphatic rings. The number of nitriles is 1. The molecule has 2 aromatic heterocycles. The number of hydrogen-bond acceptors (Lipinski definition) is 4. The topological polar surface area (TPSA) is 78.9 Å². The molecule has 0 spiro atoms. The van der Waals surface area contributed by atoms with Crippen molar-refractivity contribution in [2.75, 3.05) is 0 Å². The number of carbonyl (C=O) groups is 1. The Morgan fingerprint density at radius 3 is 3.00 bits per heavy atom. The second kappa shape index (κ2) is 6.17. The molecule has 2 aromatic rings. The molecule has 0 fully saturated rings. The van der Waals surface area contributed by atoms with Crippen LogP contribution in [0.2, 0.25) is 0 Å². The van der Waals surface area contributed by atoms with Gasteiger partial charge in [0.25, 0.3) is 5.91 Å². The van der Waals surface area contributed by atoms with E-state index in [0.29, 0.717) is 5.56 Å². The van der Waals surface area contributed by atoms with E-state index in [-0.39, 0.29) is 12.1 Å². The minimum atomic E-state index is -0.436. The molecule has 0 radical (unpaired) electrons. The molecule has 0 aliphatic heterocycles. The number of furan rings is 1. The van der Waals surface area contributed by atoms with Crippen molar-refractivity contribution in [1.29, 1.82) is 5.26 Å². The zero-order valence-electron chi connectivity index (χ0n) is 10.0. The van der Waals surface area contributed by atoms with Crippen molar-refractivity contribution in [3.05, 3.63) is 59.8 Å². The monoisotopic (exact) mass is 253 g/mol. The summed E-state index contributed by atoms with van der Waals surface area (Å²) in [6, 6.07) is 8.96. The van der Waals surface area contributed by atoms with Gasteiger partial charge in [0.1, 0.15) is 11.6 Å². The maximum atomic E-state index is 11.8. The fourth-order valence-electron chi connectivity index (χ4n) is 1.44. The second-order valence-electron chi connectivity index (χ2n) is 3.73. The summed E-state index contributed by atoms with van der Waals surface area (Å²) < 4.78 is 4.87. The molecule has 0 atom stereocenters. The van der Waals surface area contributed by atoms with Gasteiger partial charge in [0.15, 0.2) is 0 Å². The standard InChI is InChI=1S/C14H11N3O2/c15-8-12(7-11-4-6-19-10-11)14(18)17-9-13-3-1-2-5-16-13/h1-7,10H,9H2,(H,17,18). The quantitative estimate of drug-likeness (QED) is 0.666. The van der Waals surface area contributed by atoms with Crippen molar-refractivity contribution in [2.45, 2.75) is 6.54 Å². The summed E-state index contributed by atoms with van der Waals surface area (Å²) in [5, 5.41) is 11.6.